The number of esters is 1. The Morgan fingerprint density at radius 3 is 2.54 bits per heavy atom. The van der Waals surface area contributed by atoms with Crippen LogP contribution in [0, 0.1) is 0 Å². The standard InChI is InChI=1S/C21H20O5/c1-3-14-4-9-18-16(12-25-20(18)10-14)11-21(23)26-13-19(22)15-5-7-17(24-2)8-6-15/h4-10,12H,3,11,13H2,1-2H3. The molecule has 2 aromatic carbocycles. The summed E-state index contributed by atoms with van der Waals surface area (Å²) in [6, 6.07) is 12.6. The SMILES string of the molecule is CCc1ccc2c(CC(=O)OCC(=O)c3ccc(OC)cc3)coc2c1. The van der Waals surface area contributed by atoms with Crippen molar-refractivity contribution in [2.45, 2.75) is 19.8 Å². The first kappa shape index (κ1) is 17.7. The Bertz CT molecular complexity index is 921. The maximum absolute atomic E-state index is 12.1. The summed E-state index contributed by atoms with van der Waals surface area (Å²) in [5.74, 6) is -0.0589. The summed E-state index contributed by atoms with van der Waals surface area (Å²) in [7, 11) is 1.56. The van der Waals surface area contributed by atoms with Crippen LogP contribution in [0.4, 0.5) is 0 Å². The minimum atomic E-state index is -0.464. The number of carbonyl (C=O) groups is 2. The smallest absolute Gasteiger partial charge is 0.310 e. The third-order valence-electron chi connectivity index (χ3n) is 4.24. The zero-order chi connectivity index (χ0) is 18.5. The van der Waals surface area contributed by atoms with E-state index in [1.54, 1.807) is 37.6 Å². The van der Waals surface area contributed by atoms with Gasteiger partial charge in [0.05, 0.1) is 19.8 Å². The minimum Gasteiger partial charge on any atom is -0.497 e. The highest BCUT2D eigenvalue weighted by Gasteiger charge is 2.14. The molecule has 0 unspecified atom stereocenters. The number of ether oxygens (including phenoxy) is 2. The van der Waals surface area contributed by atoms with Gasteiger partial charge in [0.1, 0.15) is 11.3 Å². The Labute approximate surface area is 151 Å². The van der Waals surface area contributed by atoms with Crippen LogP contribution in [0.2, 0.25) is 0 Å². The quantitative estimate of drug-likeness (QED) is 0.475. The predicted molar refractivity (Wildman–Crippen MR) is 97.6 cm³/mol. The number of rotatable bonds is 7. The molecule has 5 nitrogen and oxygen atoms in total. The van der Waals surface area contributed by atoms with E-state index in [2.05, 4.69) is 6.92 Å². The van der Waals surface area contributed by atoms with Crippen LogP contribution in [0.3, 0.4) is 0 Å². The van der Waals surface area contributed by atoms with Crippen molar-refractivity contribution >= 4 is 22.7 Å². The molecule has 5 heteroatoms. The monoisotopic (exact) mass is 352 g/mol. The van der Waals surface area contributed by atoms with Crippen LogP contribution in [-0.4, -0.2) is 25.5 Å². The van der Waals surface area contributed by atoms with E-state index in [1.807, 2.05) is 18.2 Å². The number of furan rings is 1. The average molecular weight is 352 g/mol. The number of hydrogen-bond donors (Lipinski definition) is 0. The molecular weight excluding hydrogens is 332 g/mol. The van der Waals surface area contributed by atoms with Crippen molar-refractivity contribution < 1.29 is 23.5 Å². The summed E-state index contributed by atoms with van der Waals surface area (Å²) in [5, 5.41) is 0.889. The van der Waals surface area contributed by atoms with Crippen LogP contribution in [0.15, 0.2) is 53.1 Å². The topological polar surface area (TPSA) is 65.7 Å². The molecule has 0 fully saturated rings. The summed E-state index contributed by atoms with van der Waals surface area (Å²) in [6.07, 6.45) is 2.55. The van der Waals surface area contributed by atoms with Crippen molar-refractivity contribution in [2.24, 2.45) is 0 Å². The largest absolute Gasteiger partial charge is 0.497 e. The van der Waals surface area contributed by atoms with Crippen LogP contribution in [0.5, 0.6) is 5.75 Å². The van der Waals surface area contributed by atoms with Gasteiger partial charge in [0.15, 0.2) is 12.4 Å². The lowest BCUT2D eigenvalue weighted by Crippen LogP contribution is -2.15. The number of aryl methyl sites for hydroxylation is 1. The maximum atomic E-state index is 12.1. The summed E-state index contributed by atoms with van der Waals surface area (Å²) in [4.78, 5) is 24.2. The lowest BCUT2D eigenvalue weighted by molar-refractivity contribution is -0.141. The molecular formula is C21H20O5. The maximum Gasteiger partial charge on any atom is 0.310 e. The number of carbonyl (C=O) groups excluding carboxylic acids is 2. The Balaban J connectivity index is 1.59. The number of fused-ring (bicyclic) bond motifs is 1. The van der Waals surface area contributed by atoms with Gasteiger partial charge in [0.2, 0.25) is 0 Å². The van der Waals surface area contributed by atoms with Gasteiger partial charge in [-0.05, 0) is 42.3 Å². The van der Waals surface area contributed by atoms with Crippen LogP contribution >= 0.6 is 0 Å². The van der Waals surface area contributed by atoms with E-state index in [4.69, 9.17) is 13.9 Å². The number of Topliss-reactive ketones (excluding diaryl/α,β-unsaturated/α-hetero) is 1. The van der Waals surface area contributed by atoms with E-state index in [-0.39, 0.29) is 18.8 Å². The highest BCUT2D eigenvalue weighted by Crippen LogP contribution is 2.23. The van der Waals surface area contributed by atoms with Crippen LogP contribution in [0.1, 0.15) is 28.4 Å². The lowest BCUT2D eigenvalue weighted by atomic mass is 10.1. The van der Waals surface area contributed by atoms with Crippen molar-refractivity contribution in [2.75, 3.05) is 13.7 Å². The summed E-state index contributed by atoms with van der Waals surface area (Å²) in [5.41, 5.74) is 3.15. The summed E-state index contributed by atoms with van der Waals surface area (Å²) in [6.45, 7) is 1.78. The van der Waals surface area contributed by atoms with Gasteiger partial charge >= 0.3 is 5.97 Å². The number of hydrogen-bond acceptors (Lipinski definition) is 5. The molecule has 0 atom stereocenters. The fourth-order valence-corrected chi connectivity index (χ4v) is 2.70. The molecule has 0 spiro atoms. The molecule has 1 aromatic heterocycles. The molecule has 0 amide bonds. The van der Waals surface area contributed by atoms with E-state index in [0.717, 1.165) is 23.0 Å². The van der Waals surface area contributed by atoms with Crippen molar-refractivity contribution in [3.05, 3.63) is 65.4 Å². The molecule has 0 aliphatic carbocycles. The summed E-state index contributed by atoms with van der Waals surface area (Å²) < 4.78 is 15.7. The van der Waals surface area contributed by atoms with Gasteiger partial charge in [-0.25, -0.2) is 0 Å². The van der Waals surface area contributed by atoms with E-state index in [1.165, 1.54) is 5.56 Å². The van der Waals surface area contributed by atoms with Crippen molar-refractivity contribution in [1.29, 1.82) is 0 Å². The first-order valence-electron chi connectivity index (χ1n) is 8.42. The van der Waals surface area contributed by atoms with Gasteiger partial charge in [-0.15, -0.1) is 0 Å². The van der Waals surface area contributed by atoms with Crippen LogP contribution < -0.4 is 4.74 Å². The molecule has 0 N–H and O–H groups in total. The third kappa shape index (κ3) is 3.94. The van der Waals surface area contributed by atoms with E-state index < -0.39 is 5.97 Å². The molecule has 26 heavy (non-hydrogen) atoms. The molecule has 0 saturated carbocycles. The Kier molecular flexibility index (Phi) is 5.37. The molecule has 0 aliphatic heterocycles. The summed E-state index contributed by atoms with van der Waals surface area (Å²) >= 11 is 0. The lowest BCUT2D eigenvalue weighted by Gasteiger charge is -2.05. The van der Waals surface area contributed by atoms with Gasteiger partial charge in [-0.2, -0.15) is 0 Å². The highest BCUT2D eigenvalue weighted by molar-refractivity contribution is 5.98. The molecule has 3 aromatic rings. The number of ketones is 1. The Morgan fingerprint density at radius 1 is 1.08 bits per heavy atom. The molecule has 0 aliphatic rings. The molecule has 3 rings (SSSR count). The zero-order valence-electron chi connectivity index (χ0n) is 14.8. The Hall–Kier alpha value is -3.08. The van der Waals surface area contributed by atoms with Gasteiger partial charge < -0.3 is 13.9 Å². The Morgan fingerprint density at radius 2 is 1.85 bits per heavy atom. The number of benzene rings is 2. The molecule has 0 bridgehead atoms. The van der Waals surface area contributed by atoms with Gasteiger partial charge in [-0.3, -0.25) is 9.59 Å². The van der Waals surface area contributed by atoms with Crippen molar-refractivity contribution in [3.8, 4) is 5.75 Å². The van der Waals surface area contributed by atoms with Crippen molar-refractivity contribution in [1.82, 2.24) is 0 Å². The van der Waals surface area contributed by atoms with Crippen LogP contribution in [0.25, 0.3) is 11.0 Å². The van der Waals surface area contributed by atoms with Gasteiger partial charge in [0, 0.05) is 16.5 Å². The average Bonchev–Trinajstić information content (AvgIpc) is 3.08. The fourth-order valence-electron chi connectivity index (χ4n) is 2.70. The predicted octanol–water partition coefficient (Wildman–Crippen LogP) is 3.97. The molecule has 134 valence electrons. The fraction of sp³-hybridized carbons (Fsp3) is 0.238. The highest BCUT2D eigenvalue weighted by atomic mass is 16.5. The second kappa shape index (κ2) is 7.87. The third-order valence-corrected chi connectivity index (χ3v) is 4.24. The second-order valence-corrected chi connectivity index (χ2v) is 5.93. The first-order valence-corrected chi connectivity index (χ1v) is 8.42. The second-order valence-electron chi connectivity index (χ2n) is 5.93. The number of methoxy groups -OCH3 is 1. The van der Waals surface area contributed by atoms with Gasteiger partial charge in [0.25, 0.3) is 0 Å². The normalized spacial score (nSPS) is 10.7. The molecule has 0 saturated heterocycles. The van der Waals surface area contributed by atoms with E-state index in [9.17, 15) is 9.59 Å². The van der Waals surface area contributed by atoms with E-state index in [0.29, 0.717) is 11.3 Å². The minimum absolute atomic E-state index is 0.0639. The first-order chi connectivity index (χ1) is 12.6. The molecule has 1 heterocycles. The van der Waals surface area contributed by atoms with Crippen LogP contribution in [-0.2, 0) is 22.4 Å². The zero-order valence-corrected chi connectivity index (χ0v) is 14.8. The van der Waals surface area contributed by atoms with Crippen molar-refractivity contribution in [3.63, 3.8) is 0 Å². The molecule has 0 radical (unpaired) electrons. The van der Waals surface area contributed by atoms with E-state index >= 15 is 0 Å². The van der Waals surface area contributed by atoms with Gasteiger partial charge in [-0.1, -0.05) is 19.1 Å².